The number of aryl methyl sites for hydroxylation is 1. The number of nitrogens with two attached hydrogens (primary N) is 1. The summed E-state index contributed by atoms with van der Waals surface area (Å²) in [6.45, 7) is 1.98. The molecule has 0 radical (unpaired) electrons. The number of hydrogen-bond donors (Lipinski definition) is 2. The number of amides is 1. The summed E-state index contributed by atoms with van der Waals surface area (Å²) in [6, 6.07) is -0.620. The van der Waals surface area contributed by atoms with Crippen LogP contribution in [0.4, 0.5) is 0 Å². The van der Waals surface area contributed by atoms with Gasteiger partial charge in [0.1, 0.15) is 22.9 Å². The Morgan fingerprint density at radius 3 is 2.95 bits per heavy atom. The number of thioether (sulfide) groups is 1. The molecule has 3 heterocycles. The molecule has 1 fully saturated rings. The molecule has 1 unspecified atom stereocenters. The molecule has 0 aliphatic carbocycles. The molecule has 2 atom stereocenters. The minimum absolute atomic E-state index is 0.00958. The van der Waals surface area contributed by atoms with Crippen molar-refractivity contribution in [3.05, 3.63) is 17.1 Å². The van der Waals surface area contributed by atoms with Gasteiger partial charge in [0.2, 0.25) is 5.91 Å². The highest BCUT2D eigenvalue weighted by Gasteiger charge is 2.51. The number of nitrogens with zero attached hydrogens (tertiary/aromatic N) is 5. The van der Waals surface area contributed by atoms with Gasteiger partial charge >= 0.3 is 5.97 Å². The SMILES string of the molecule is Cc1nnnn1CC1=C(C(=O)O)N2C(=O)C(N)[C@H]2SC1. The molecule has 3 N–H and O–H groups in total. The number of rotatable bonds is 3. The van der Waals surface area contributed by atoms with Crippen LogP contribution in [0.2, 0.25) is 0 Å². The van der Waals surface area contributed by atoms with Gasteiger partial charge in [0.05, 0.1) is 6.54 Å². The summed E-state index contributed by atoms with van der Waals surface area (Å²) >= 11 is 1.46. The van der Waals surface area contributed by atoms with Crippen LogP contribution in [0.15, 0.2) is 11.3 Å². The number of fused-ring (bicyclic) bond motifs is 1. The molecular weight excluding hydrogens is 284 g/mol. The van der Waals surface area contributed by atoms with Crippen LogP contribution >= 0.6 is 11.8 Å². The van der Waals surface area contributed by atoms with Crippen LogP contribution in [-0.2, 0) is 16.1 Å². The zero-order chi connectivity index (χ0) is 14.4. The van der Waals surface area contributed by atoms with Gasteiger partial charge < -0.3 is 10.8 Å². The van der Waals surface area contributed by atoms with Gasteiger partial charge in [0.25, 0.3) is 0 Å². The fourth-order valence-corrected chi connectivity index (χ4v) is 3.56. The molecule has 1 aromatic heterocycles. The number of carboxylic acids is 1. The number of carboxylic acid groups (broad SMARTS) is 1. The van der Waals surface area contributed by atoms with E-state index in [0.29, 0.717) is 17.2 Å². The zero-order valence-corrected chi connectivity index (χ0v) is 11.4. The van der Waals surface area contributed by atoms with Crippen molar-refractivity contribution in [3.8, 4) is 0 Å². The lowest BCUT2D eigenvalue weighted by Crippen LogP contribution is -2.68. The van der Waals surface area contributed by atoms with Crippen molar-refractivity contribution in [3.63, 3.8) is 0 Å². The molecule has 0 spiro atoms. The first-order valence-electron chi connectivity index (χ1n) is 5.89. The minimum atomic E-state index is -1.13. The second kappa shape index (κ2) is 4.56. The van der Waals surface area contributed by atoms with E-state index in [1.54, 1.807) is 6.92 Å². The third kappa shape index (κ3) is 1.79. The Labute approximate surface area is 117 Å². The standard InChI is InChI=1S/C10H12N6O3S/c1-4-12-13-14-15(4)2-5-3-20-9-6(11)8(17)16(9)7(5)10(18)19/h6,9H,2-3,11H2,1H3,(H,18,19)/t6?,9-/m1/s1. The molecule has 20 heavy (non-hydrogen) atoms. The summed E-state index contributed by atoms with van der Waals surface area (Å²) in [6.07, 6.45) is 0. The smallest absolute Gasteiger partial charge is 0.352 e. The second-order valence-electron chi connectivity index (χ2n) is 4.58. The molecule has 0 bridgehead atoms. The minimum Gasteiger partial charge on any atom is -0.477 e. The Hall–Kier alpha value is -1.94. The van der Waals surface area contributed by atoms with Crippen LogP contribution in [0.25, 0.3) is 0 Å². The average molecular weight is 296 g/mol. The van der Waals surface area contributed by atoms with Crippen molar-refractivity contribution in [1.82, 2.24) is 25.1 Å². The van der Waals surface area contributed by atoms with Crippen molar-refractivity contribution < 1.29 is 14.7 Å². The maximum Gasteiger partial charge on any atom is 0.352 e. The first-order valence-corrected chi connectivity index (χ1v) is 6.94. The van der Waals surface area contributed by atoms with Gasteiger partial charge in [-0.25, -0.2) is 9.48 Å². The van der Waals surface area contributed by atoms with Crippen molar-refractivity contribution in [1.29, 1.82) is 0 Å². The Balaban J connectivity index is 1.96. The highest BCUT2D eigenvalue weighted by molar-refractivity contribution is 8.00. The monoisotopic (exact) mass is 296 g/mol. The molecule has 9 nitrogen and oxygen atoms in total. The van der Waals surface area contributed by atoms with Crippen molar-refractivity contribution in [2.75, 3.05) is 5.75 Å². The summed E-state index contributed by atoms with van der Waals surface area (Å²) < 4.78 is 1.50. The Morgan fingerprint density at radius 1 is 1.60 bits per heavy atom. The number of β-lactam (4-membered cyclic amide) rings is 1. The molecule has 1 aromatic rings. The topological polar surface area (TPSA) is 127 Å². The summed E-state index contributed by atoms with van der Waals surface area (Å²) in [4.78, 5) is 24.5. The van der Waals surface area contributed by atoms with Crippen LogP contribution in [0.5, 0.6) is 0 Å². The van der Waals surface area contributed by atoms with E-state index in [-0.39, 0.29) is 23.5 Å². The van der Waals surface area contributed by atoms with Crippen LogP contribution in [0, 0.1) is 6.92 Å². The number of hydrogen-bond acceptors (Lipinski definition) is 7. The molecule has 0 aromatic carbocycles. The summed E-state index contributed by atoms with van der Waals surface area (Å²) in [5, 5.41) is 20.1. The normalized spacial score (nSPS) is 25.5. The lowest BCUT2D eigenvalue weighted by molar-refractivity contribution is -0.148. The highest BCUT2D eigenvalue weighted by Crippen LogP contribution is 2.39. The number of aliphatic carboxylic acids is 1. The Bertz CT molecular complexity index is 626. The first kappa shape index (κ1) is 13.1. The van der Waals surface area contributed by atoms with E-state index < -0.39 is 12.0 Å². The number of aromatic nitrogens is 4. The van der Waals surface area contributed by atoms with E-state index in [4.69, 9.17) is 5.73 Å². The van der Waals surface area contributed by atoms with Crippen LogP contribution in [0.3, 0.4) is 0 Å². The maximum atomic E-state index is 11.8. The molecule has 10 heteroatoms. The lowest BCUT2D eigenvalue weighted by Gasteiger charge is -2.48. The van der Waals surface area contributed by atoms with E-state index in [1.807, 2.05) is 0 Å². The van der Waals surface area contributed by atoms with E-state index in [0.717, 1.165) is 0 Å². The first-order chi connectivity index (χ1) is 9.50. The predicted molar refractivity (Wildman–Crippen MR) is 68.3 cm³/mol. The fraction of sp³-hybridized carbons (Fsp3) is 0.500. The molecule has 3 rings (SSSR count). The molecule has 0 saturated carbocycles. The van der Waals surface area contributed by atoms with E-state index in [2.05, 4.69) is 15.5 Å². The van der Waals surface area contributed by atoms with E-state index >= 15 is 0 Å². The van der Waals surface area contributed by atoms with Gasteiger partial charge in [-0.1, -0.05) is 0 Å². The molecule has 106 valence electrons. The third-order valence-corrected chi connectivity index (χ3v) is 4.70. The Kier molecular flexibility index (Phi) is 2.98. The van der Waals surface area contributed by atoms with Crippen LogP contribution in [0.1, 0.15) is 5.82 Å². The van der Waals surface area contributed by atoms with Crippen LogP contribution < -0.4 is 5.73 Å². The lowest BCUT2D eigenvalue weighted by atomic mass is 10.0. The van der Waals surface area contributed by atoms with Gasteiger partial charge in [0, 0.05) is 5.75 Å². The zero-order valence-electron chi connectivity index (χ0n) is 10.6. The maximum absolute atomic E-state index is 11.8. The van der Waals surface area contributed by atoms with Crippen molar-refractivity contribution >= 4 is 23.6 Å². The van der Waals surface area contributed by atoms with Crippen molar-refractivity contribution in [2.45, 2.75) is 24.9 Å². The van der Waals surface area contributed by atoms with Crippen LogP contribution in [-0.4, -0.2) is 59.3 Å². The van der Waals surface area contributed by atoms with Gasteiger partial charge in [-0.2, -0.15) is 0 Å². The van der Waals surface area contributed by atoms with Gasteiger partial charge in [-0.05, 0) is 22.9 Å². The molecule has 1 saturated heterocycles. The Morgan fingerprint density at radius 2 is 2.35 bits per heavy atom. The molecule has 1 amide bonds. The summed E-state index contributed by atoms with van der Waals surface area (Å²) in [5.41, 5.74) is 6.29. The van der Waals surface area contributed by atoms with E-state index in [9.17, 15) is 14.7 Å². The average Bonchev–Trinajstić information content (AvgIpc) is 2.82. The molecular formula is C10H12N6O3S. The van der Waals surface area contributed by atoms with Gasteiger partial charge in [-0.3, -0.25) is 9.69 Å². The predicted octanol–water partition coefficient (Wildman–Crippen LogP) is -1.44. The number of carbonyl (C=O) groups is 2. The summed E-state index contributed by atoms with van der Waals surface area (Å²) in [5.74, 6) is -0.411. The second-order valence-corrected chi connectivity index (χ2v) is 5.68. The molecule has 2 aliphatic heterocycles. The van der Waals surface area contributed by atoms with Gasteiger partial charge in [-0.15, -0.1) is 16.9 Å². The quantitative estimate of drug-likeness (QED) is 0.649. The summed E-state index contributed by atoms with van der Waals surface area (Å²) in [7, 11) is 0. The number of carbonyl (C=O) groups excluding carboxylic acids is 1. The largest absolute Gasteiger partial charge is 0.477 e. The highest BCUT2D eigenvalue weighted by atomic mass is 32.2. The number of tetrazole rings is 1. The van der Waals surface area contributed by atoms with Gasteiger partial charge in [0.15, 0.2) is 0 Å². The third-order valence-electron chi connectivity index (χ3n) is 3.34. The van der Waals surface area contributed by atoms with Crippen molar-refractivity contribution in [2.24, 2.45) is 5.73 Å². The molecule has 2 aliphatic rings. The van der Waals surface area contributed by atoms with E-state index in [1.165, 1.54) is 21.3 Å². The fourth-order valence-electron chi connectivity index (χ4n) is 2.28.